The summed E-state index contributed by atoms with van der Waals surface area (Å²) in [6.45, 7) is 10.0. The predicted octanol–water partition coefficient (Wildman–Crippen LogP) is 3.38. The molecule has 3 heteroatoms. The quantitative estimate of drug-likeness (QED) is 0.602. The van der Waals surface area contributed by atoms with E-state index in [0.29, 0.717) is 0 Å². The molecule has 0 aromatic carbocycles. The van der Waals surface area contributed by atoms with Crippen molar-refractivity contribution >= 4 is 0 Å². The Morgan fingerprint density at radius 1 is 1.33 bits per heavy atom. The summed E-state index contributed by atoms with van der Waals surface area (Å²) in [5, 5.41) is 11.7. The molecule has 0 atom stereocenters. The fourth-order valence-electron chi connectivity index (χ4n) is 2.92. The Hall–Kier alpha value is -0.380. The van der Waals surface area contributed by atoms with Gasteiger partial charge in [0.2, 0.25) is 0 Å². The van der Waals surface area contributed by atoms with Crippen molar-refractivity contribution in [2.75, 3.05) is 13.2 Å². The third-order valence-electron chi connectivity index (χ3n) is 3.95. The highest BCUT2D eigenvalue weighted by Gasteiger charge is 2.40. The first-order valence-electron chi connectivity index (χ1n) is 7.09. The van der Waals surface area contributed by atoms with Crippen LogP contribution in [0.15, 0.2) is 11.6 Å². The second-order valence-corrected chi connectivity index (χ2v) is 7.03. The molecule has 3 nitrogen and oxygen atoms in total. The lowest BCUT2D eigenvalue weighted by molar-refractivity contribution is -0.214. The summed E-state index contributed by atoms with van der Waals surface area (Å²) in [6, 6.07) is 0. The number of hydrogen-bond acceptors (Lipinski definition) is 3. The summed E-state index contributed by atoms with van der Waals surface area (Å²) in [5.41, 5.74) is 0.934. The average Bonchev–Trinajstić information content (AvgIpc) is 3.04. The third kappa shape index (κ3) is 3.34. The molecule has 0 bridgehead atoms. The summed E-state index contributed by atoms with van der Waals surface area (Å²) in [6.07, 6.45) is 6.80. The van der Waals surface area contributed by atoms with Crippen LogP contribution in [0.5, 0.6) is 0 Å². The van der Waals surface area contributed by atoms with E-state index in [4.69, 9.17) is 4.74 Å². The molecule has 0 radical (unpaired) electrons. The lowest BCUT2D eigenvalue weighted by atomic mass is 9.82. The van der Waals surface area contributed by atoms with Crippen LogP contribution in [0.25, 0.3) is 0 Å². The van der Waals surface area contributed by atoms with Crippen LogP contribution in [0, 0.1) is 5.92 Å². The molecule has 0 unspecified atom stereocenters. The van der Waals surface area contributed by atoms with E-state index in [1.807, 2.05) is 0 Å². The summed E-state index contributed by atoms with van der Waals surface area (Å²) < 4.78 is 5.71. The van der Waals surface area contributed by atoms with Crippen LogP contribution in [0.4, 0.5) is 0 Å². The molecule has 1 N–H and O–H groups in total. The van der Waals surface area contributed by atoms with Crippen molar-refractivity contribution in [3.8, 4) is 0 Å². The van der Waals surface area contributed by atoms with Crippen molar-refractivity contribution in [3.63, 3.8) is 0 Å². The normalized spacial score (nSPS) is 27.1. The zero-order valence-electron chi connectivity index (χ0n) is 12.2. The second-order valence-electron chi connectivity index (χ2n) is 7.03. The van der Waals surface area contributed by atoms with Gasteiger partial charge in [0.25, 0.3) is 0 Å². The third-order valence-corrected chi connectivity index (χ3v) is 3.95. The van der Waals surface area contributed by atoms with Gasteiger partial charge in [0.05, 0.1) is 12.1 Å². The van der Waals surface area contributed by atoms with Gasteiger partial charge in [-0.15, -0.1) is 0 Å². The molecule has 0 aromatic rings. The van der Waals surface area contributed by atoms with Crippen LogP contribution < -0.4 is 0 Å². The molecule has 0 saturated heterocycles. The van der Waals surface area contributed by atoms with Crippen molar-refractivity contribution in [2.24, 2.45) is 5.92 Å². The van der Waals surface area contributed by atoms with Gasteiger partial charge in [0.1, 0.15) is 0 Å². The van der Waals surface area contributed by atoms with E-state index in [1.54, 1.807) is 0 Å². The lowest BCUT2D eigenvalue weighted by Gasteiger charge is -2.47. The highest BCUT2D eigenvalue weighted by Crippen LogP contribution is 2.36. The molecule has 1 saturated carbocycles. The van der Waals surface area contributed by atoms with Crippen LogP contribution in [0.2, 0.25) is 0 Å². The Labute approximate surface area is 111 Å². The molecule has 1 fully saturated rings. The minimum Gasteiger partial charge on any atom is -0.381 e. The summed E-state index contributed by atoms with van der Waals surface area (Å²) >= 11 is 0. The smallest absolute Gasteiger partial charge is 0.0592 e. The predicted molar refractivity (Wildman–Crippen MR) is 72.6 cm³/mol. The highest BCUT2D eigenvalue weighted by molar-refractivity contribution is 5.20. The van der Waals surface area contributed by atoms with Gasteiger partial charge in [0.15, 0.2) is 0 Å². The van der Waals surface area contributed by atoms with E-state index in [9.17, 15) is 5.21 Å². The van der Waals surface area contributed by atoms with Gasteiger partial charge in [0, 0.05) is 12.1 Å². The summed E-state index contributed by atoms with van der Waals surface area (Å²) in [4.78, 5) is 0. The van der Waals surface area contributed by atoms with Gasteiger partial charge in [-0.2, -0.15) is 5.06 Å². The molecule has 1 aliphatic heterocycles. The first-order valence-corrected chi connectivity index (χ1v) is 7.09. The maximum absolute atomic E-state index is 10.2. The topological polar surface area (TPSA) is 32.7 Å². The molecule has 2 aliphatic rings. The second kappa shape index (κ2) is 4.95. The van der Waals surface area contributed by atoms with Gasteiger partial charge in [-0.05, 0) is 59.3 Å². The molecule has 1 aliphatic carbocycles. The number of nitrogens with zero attached hydrogens (tertiary/aromatic N) is 1. The average molecular weight is 253 g/mol. The van der Waals surface area contributed by atoms with E-state index >= 15 is 0 Å². The van der Waals surface area contributed by atoms with Crippen molar-refractivity contribution in [2.45, 2.75) is 64.5 Å². The monoisotopic (exact) mass is 253 g/mol. The first-order chi connectivity index (χ1) is 8.31. The van der Waals surface area contributed by atoms with Crippen LogP contribution >= 0.6 is 0 Å². The zero-order chi connectivity index (χ0) is 13.4. The van der Waals surface area contributed by atoms with Gasteiger partial charge in [-0.3, -0.25) is 0 Å². The standard InChI is InChI=1S/C15H27NO2/c1-14(2)9-13(10-15(3,4)16(14)17)7-8-18-11-12-5-6-12/h9,12,17H,5-8,10-11H2,1-4H3. The zero-order valence-corrected chi connectivity index (χ0v) is 12.2. The summed E-state index contributed by atoms with van der Waals surface area (Å²) in [7, 11) is 0. The number of ether oxygens (including phenoxy) is 1. The Morgan fingerprint density at radius 3 is 2.56 bits per heavy atom. The van der Waals surface area contributed by atoms with E-state index in [2.05, 4.69) is 33.8 Å². The highest BCUT2D eigenvalue weighted by atomic mass is 16.5. The Balaban J connectivity index is 1.86. The molecular weight excluding hydrogens is 226 g/mol. The van der Waals surface area contributed by atoms with E-state index in [1.165, 1.54) is 23.5 Å². The SMILES string of the molecule is CC1(C)C=C(CCOCC2CC2)CC(C)(C)N1O. The van der Waals surface area contributed by atoms with Gasteiger partial charge < -0.3 is 9.94 Å². The van der Waals surface area contributed by atoms with Crippen molar-refractivity contribution in [1.29, 1.82) is 0 Å². The molecule has 104 valence electrons. The molecule has 1 heterocycles. The van der Waals surface area contributed by atoms with Crippen LogP contribution in [0.3, 0.4) is 0 Å². The van der Waals surface area contributed by atoms with Gasteiger partial charge in [-0.25, -0.2) is 0 Å². The number of rotatable bonds is 5. The summed E-state index contributed by atoms with van der Waals surface area (Å²) in [5.74, 6) is 0.839. The minimum atomic E-state index is -0.284. The van der Waals surface area contributed by atoms with Crippen LogP contribution in [-0.4, -0.2) is 34.6 Å². The molecule has 18 heavy (non-hydrogen) atoms. The molecule has 0 spiro atoms. The van der Waals surface area contributed by atoms with E-state index in [0.717, 1.165) is 32.0 Å². The van der Waals surface area contributed by atoms with Crippen molar-refractivity contribution in [3.05, 3.63) is 11.6 Å². The number of hydroxylamine groups is 2. The fraction of sp³-hybridized carbons (Fsp3) is 0.867. The van der Waals surface area contributed by atoms with Crippen molar-refractivity contribution < 1.29 is 9.94 Å². The molecular formula is C15H27NO2. The minimum absolute atomic E-state index is 0.190. The lowest BCUT2D eigenvalue weighted by Crippen LogP contribution is -2.55. The molecule has 0 aromatic heterocycles. The Kier molecular flexibility index (Phi) is 3.86. The van der Waals surface area contributed by atoms with Gasteiger partial charge >= 0.3 is 0 Å². The maximum atomic E-state index is 10.2. The molecule has 2 rings (SSSR count). The fourth-order valence-corrected chi connectivity index (χ4v) is 2.92. The Bertz CT molecular complexity index is 329. The van der Waals surface area contributed by atoms with Crippen molar-refractivity contribution in [1.82, 2.24) is 5.06 Å². The van der Waals surface area contributed by atoms with Gasteiger partial charge in [-0.1, -0.05) is 11.6 Å². The van der Waals surface area contributed by atoms with E-state index in [-0.39, 0.29) is 11.1 Å². The number of hydrogen-bond donors (Lipinski definition) is 1. The Morgan fingerprint density at radius 2 is 2.00 bits per heavy atom. The van der Waals surface area contributed by atoms with E-state index < -0.39 is 0 Å². The van der Waals surface area contributed by atoms with Crippen LogP contribution in [0.1, 0.15) is 53.4 Å². The largest absolute Gasteiger partial charge is 0.381 e. The first kappa shape index (κ1) is 14.0. The molecule has 0 amide bonds. The maximum Gasteiger partial charge on any atom is 0.0592 e. The van der Waals surface area contributed by atoms with Crippen LogP contribution in [-0.2, 0) is 4.74 Å².